The van der Waals surface area contributed by atoms with E-state index >= 15 is 0 Å². The van der Waals surface area contributed by atoms with E-state index in [0.29, 0.717) is 23.9 Å². The van der Waals surface area contributed by atoms with Crippen LogP contribution in [0.25, 0.3) is 0 Å². The molecule has 0 fully saturated rings. The van der Waals surface area contributed by atoms with Crippen molar-refractivity contribution in [1.29, 1.82) is 0 Å². The van der Waals surface area contributed by atoms with Gasteiger partial charge in [0.05, 0.1) is 6.10 Å². The highest BCUT2D eigenvalue weighted by Crippen LogP contribution is 2.14. The van der Waals surface area contributed by atoms with Crippen LogP contribution in [0.5, 0.6) is 6.01 Å². The maximum Gasteiger partial charge on any atom is 0.323 e. The van der Waals surface area contributed by atoms with Gasteiger partial charge in [-0.1, -0.05) is 20.8 Å². The van der Waals surface area contributed by atoms with Gasteiger partial charge in [0.1, 0.15) is 0 Å². The summed E-state index contributed by atoms with van der Waals surface area (Å²) in [6, 6.07) is 0.727. The lowest BCUT2D eigenvalue weighted by Crippen LogP contribution is -2.20. The Bertz CT molecular complexity index is 393. The molecule has 0 atom stereocenters. The van der Waals surface area contributed by atoms with Crippen molar-refractivity contribution >= 4 is 11.9 Å². The first-order valence-corrected chi connectivity index (χ1v) is 7.52. The number of anilines is 2. The smallest absolute Gasteiger partial charge is 0.323 e. The van der Waals surface area contributed by atoms with Gasteiger partial charge in [0.25, 0.3) is 0 Å². The Labute approximate surface area is 121 Å². The summed E-state index contributed by atoms with van der Waals surface area (Å²) in [5, 5.41) is 6.50. The van der Waals surface area contributed by atoms with E-state index in [2.05, 4.69) is 46.4 Å². The van der Waals surface area contributed by atoms with E-state index in [0.717, 1.165) is 25.8 Å². The zero-order valence-electron chi connectivity index (χ0n) is 13.2. The monoisotopic (exact) mass is 281 g/mol. The van der Waals surface area contributed by atoms with E-state index in [1.54, 1.807) is 0 Å². The molecule has 1 rings (SSSR count). The van der Waals surface area contributed by atoms with Crippen LogP contribution >= 0.6 is 0 Å². The molecule has 6 nitrogen and oxygen atoms in total. The molecule has 0 unspecified atom stereocenters. The van der Waals surface area contributed by atoms with Gasteiger partial charge in [-0.25, -0.2) is 0 Å². The molecule has 0 radical (unpaired) electrons. The first-order chi connectivity index (χ1) is 9.58. The van der Waals surface area contributed by atoms with Gasteiger partial charge in [-0.05, 0) is 33.1 Å². The number of ether oxygens (including phenoxy) is 1. The molecule has 0 aliphatic rings. The summed E-state index contributed by atoms with van der Waals surface area (Å²) in [5.41, 5.74) is 0. The maximum atomic E-state index is 5.58. The molecule has 20 heavy (non-hydrogen) atoms. The summed E-state index contributed by atoms with van der Waals surface area (Å²) in [6.45, 7) is 11.1. The van der Waals surface area contributed by atoms with E-state index in [1.165, 1.54) is 0 Å². The van der Waals surface area contributed by atoms with Gasteiger partial charge in [-0.15, -0.1) is 0 Å². The molecule has 1 aromatic heterocycles. The Morgan fingerprint density at radius 1 is 1.00 bits per heavy atom. The number of hydrogen-bond acceptors (Lipinski definition) is 6. The standard InChI is InChI=1S/C14H27N5O/c1-6-9-15-12-17-13(16-11(7-2)8-3)19-14(18-12)20-10(4)5/h10-11H,6-9H2,1-5H3,(H2,15,16,17,18,19). The minimum absolute atomic E-state index is 0.0393. The maximum absolute atomic E-state index is 5.58. The van der Waals surface area contributed by atoms with E-state index in [4.69, 9.17) is 4.74 Å². The summed E-state index contributed by atoms with van der Waals surface area (Å²) in [4.78, 5) is 13.0. The number of rotatable bonds is 9. The molecule has 0 bridgehead atoms. The minimum Gasteiger partial charge on any atom is -0.461 e. The van der Waals surface area contributed by atoms with Gasteiger partial charge in [-0.2, -0.15) is 15.0 Å². The van der Waals surface area contributed by atoms with Crippen molar-refractivity contribution in [2.75, 3.05) is 17.2 Å². The first kappa shape index (κ1) is 16.5. The Hall–Kier alpha value is -1.59. The Morgan fingerprint density at radius 3 is 2.20 bits per heavy atom. The molecule has 0 amide bonds. The molecule has 0 spiro atoms. The number of nitrogens with zero attached hydrogens (tertiary/aromatic N) is 3. The first-order valence-electron chi connectivity index (χ1n) is 7.52. The lowest BCUT2D eigenvalue weighted by atomic mass is 10.2. The molecular formula is C14H27N5O. The molecule has 0 saturated carbocycles. The van der Waals surface area contributed by atoms with Crippen LogP contribution < -0.4 is 15.4 Å². The van der Waals surface area contributed by atoms with Crippen molar-refractivity contribution in [3.8, 4) is 6.01 Å². The van der Waals surface area contributed by atoms with Crippen LogP contribution in [0.1, 0.15) is 53.9 Å². The normalized spacial score (nSPS) is 10.9. The van der Waals surface area contributed by atoms with Gasteiger partial charge in [0.2, 0.25) is 11.9 Å². The fraction of sp³-hybridized carbons (Fsp3) is 0.786. The van der Waals surface area contributed by atoms with Gasteiger partial charge in [-0.3, -0.25) is 0 Å². The lowest BCUT2D eigenvalue weighted by Gasteiger charge is -2.16. The largest absolute Gasteiger partial charge is 0.461 e. The quantitative estimate of drug-likeness (QED) is 0.724. The summed E-state index contributed by atoms with van der Waals surface area (Å²) >= 11 is 0. The molecule has 0 aromatic carbocycles. The summed E-state index contributed by atoms with van der Waals surface area (Å²) in [7, 11) is 0. The highest BCUT2D eigenvalue weighted by Gasteiger charge is 2.11. The fourth-order valence-electron chi connectivity index (χ4n) is 1.68. The third kappa shape index (κ3) is 5.59. The molecule has 2 N–H and O–H groups in total. The molecule has 1 aromatic rings. The zero-order valence-corrected chi connectivity index (χ0v) is 13.2. The number of hydrogen-bond donors (Lipinski definition) is 2. The Kier molecular flexibility index (Phi) is 7.04. The van der Waals surface area contributed by atoms with Crippen molar-refractivity contribution in [1.82, 2.24) is 15.0 Å². The van der Waals surface area contributed by atoms with E-state index in [-0.39, 0.29) is 6.10 Å². The predicted molar refractivity (Wildman–Crippen MR) is 82.4 cm³/mol. The van der Waals surface area contributed by atoms with Gasteiger partial charge in [0, 0.05) is 12.6 Å². The Morgan fingerprint density at radius 2 is 1.65 bits per heavy atom. The van der Waals surface area contributed by atoms with Crippen molar-refractivity contribution in [3.63, 3.8) is 0 Å². The molecule has 6 heteroatoms. The summed E-state index contributed by atoms with van der Waals surface area (Å²) < 4.78 is 5.58. The van der Waals surface area contributed by atoms with Gasteiger partial charge in [0.15, 0.2) is 0 Å². The molecule has 0 saturated heterocycles. The van der Waals surface area contributed by atoms with Crippen LogP contribution in [0.15, 0.2) is 0 Å². The lowest BCUT2D eigenvalue weighted by molar-refractivity contribution is 0.222. The van der Waals surface area contributed by atoms with Crippen LogP contribution in [0.4, 0.5) is 11.9 Å². The van der Waals surface area contributed by atoms with Crippen LogP contribution in [0.2, 0.25) is 0 Å². The predicted octanol–water partition coefficient (Wildman–Crippen LogP) is 3.08. The van der Waals surface area contributed by atoms with Crippen LogP contribution in [-0.2, 0) is 0 Å². The minimum atomic E-state index is 0.0393. The van der Waals surface area contributed by atoms with E-state index in [9.17, 15) is 0 Å². The van der Waals surface area contributed by atoms with Crippen molar-refractivity contribution in [2.24, 2.45) is 0 Å². The third-order valence-electron chi connectivity index (χ3n) is 2.81. The van der Waals surface area contributed by atoms with Crippen molar-refractivity contribution in [2.45, 2.75) is 66.0 Å². The second kappa shape index (κ2) is 8.55. The van der Waals surface area contributed by atoms with E-state index < -0.39 is 0 Å². The highest BCUT2D eigenvalue weighted by atomic mass is 16.5. The van der Waals surface area contributed by atoms with Crippen molar-refractivity contribution < 1.29 is 4.74 Å². The number of nitrogens with one attached hydrogen (secondary N) is 2. The third-order valence-corrected chi connectivity index (χ3v) is 2.81. The SMILES string of the molecule is CCCNc1nc(NC(CC)CC)nc(OC(C)C)n1. The van der Waals surface area contributed by atoms with Gasteiger partial charge >= 0.3 is 6.01 Å². The van der Waals surface area contributed by atoms with Crippen LogP contribution in [0, 0.1) is 0 Å². The average molecular weight is 281 g/mol. The topological polar surface area (TPSA) is 72.0 Å². The van der Waals surface area contributed by atoms with Crippen LogP contribution in [-0.4, -0.2) is 33.6 Å². The Balaban J connectivity index is 2.89. The fourth-order valence-corrected chi connectivity index (χ4v) is 1.68. The molecule has 0 aliphatic carbocycles. The molecular weight excluding hydrogens is 254 g/mol. The number of aromatic nitrogens is 3. The highest BCUT2D eigenvalue weighted by molar-refractivity contribution is 5.36. The second-order valence-corrected chi connectivity index (χ2v) is 5.02. The second-order valence-electron chi connectivity index (χ2n) is 5.02. The molecule has 114 valence electrons. The average Bonchev–Trinajstić information content (AvgIpc) is 2.41. The van der Waals surface area contributed by atoms with Gasteiger partial charge < -0.3 is 15.4 Å². The van der Waals surface area contributed by atoms with Crippen molar-refractivity contribution in [3.05, 3.63) is 0 Å². The summed E-state index contributed by atoms with van der Waals surface area (Å²) in [5.74, 6) is 1.13. The summed E-state index contributed by atoms with van der Waals surface area (Å²) in [6.07, 6.45) is 3.11. The van der Waals surface area contributed by atoms with E-state index in [1.807, 2.05) is 13.8 Å². The molecule has 0 aliphatic heterocycles. The van der Waals surface area contributed by atoms with Crippen LogP contribution in [0.3, 0.4) is 0 Å². The zero-order chi connectivity index (χ0) is 15.0. The molecule has 1 heterocycles.